The van der Waals surface area contributed by atoms with Crippen molar-refractivity contribution in [2.75, 3.05) is 13.2 Å². The van der Waals surface area contributed by atoms with E-state index in [4.69, 9.17) is 14.2 Å². The Morgan fingerprint density at radius 2 is 0.609 bits per heavy atom. The average molecular weight is 889 g/mol. The van der Waals surface area contributed by atoms with E-state index in [0.717, 1.165) is 135 Å². The second kappa shape index (κ2) is 52.0. The first-order valence-corrected chi connectivity index (χ1v) is 26.2. The SMILES string of the molecule is CC/C=C\C/C=C\C/C=C\C/C=C\CCCCCCCCC(=O)OCC(COC(=O)CCCCCCCCCC)OC(=O)CCCCCCCC/C=C\C/C=C\C/C=C\C/C=C\CC. The highest BCUT2D eigenvalue weighted by Crippen LogP contribution is 2.14. The van der Waals surface area contributed by atoms with Crippen LogP contribution in [-0.4, -0.2) is 37.2 Å². The molecular weight excluding hydrogens is 793 g/mol. The Labute approximate surface area is 394 Å². The monoisotopic (exact) mass is 889 g/mol. The van der Waals surface area contributed by atoms with E-state index in [9.17, 15) is 14.4 Å². The zero-order valence-corrected chi connectivity index (χ0v) is 41.5. The Kier molecular flexibility index (Phi) is 49.0. The van der Waals surface area contributed by atoms with Gasteiger partial charge in [0.1, 0.15) is 13.2 Å². The molecule has 0 saturated heterocycles. The van der Waals surface area contributed by atoms with Gasteiger partial charge in [-0.15, -0.1) is 0 Å². The van der Waals surface area contributed by atoms with Gasteiger partial charge in [-0.05, 0) is 96.3 Å². The van der Waals surface area contributed by atoms with Gasteiger partial charge in [0.25, 0.3) is 0 Å². The van der Waals surface area contributed by atoms with Gasteiger partial charge in [0.15, 0.2) is 6.10 Å². The molecule has 0 rings (SSSR count). The number of carbonyl (C=O) groups excluding carboxylic acids is 3. The van der Waals surface area contributed by atoms with Crippen LogP contribution in [0.3, 0.4) is 0 Å². The number of rotatable bonds is 46. The zero-order valence-electron chi connectivity index (χ0n) is 41.5. The lowest BCUT2D eigenvalue weighted by Crippen LogP contribution is -2.30. The maximum Gasteiger partial charge on any atom is 0.306 e. The van der Waals surface area contributed by atoms with E-state index in [0.29, 0.717) is 19.3 Å². The third-order valence-electron chi connectivity index (χ3n) is 10.8. The summed E-state index contributed by atoms with van der Waals surface area (Å²) in [4.78, 5) is 37.9. The quantitative estimate of drug-likeness (QED) is 0.0262. The summed E-state index contributed by atoms with van der Waals surface area (Å²) in [5.41, 5.74) is 0. The molecule has 6 nitrogen and oxygen atoms in total. The summed E-state index contributed by atoms with van der Waals surface area (Å²) in [5.74, 6) is -0.923. The van der Waals surface area contributed by atoms with Crippen LogP contribution in [0.15, 0.2) is 97.2 Å². The fourth-order valence-corrected chi connectivity index (χ4v) is 6.95. The van der Waals surface area contributed by atoms with Crippen LogP contribution in [0.1, 0.15) is 233 Å². The summed E-state index contributed by atoms with van der Waals surface area (Å²) in [7, 11) is 0. The molecule has 1 atom stereocenters. The molecule has 0 aliphatic carbocycles. The van der Waals surface area contributed by atoms with Gasteiger partial charge in [0.05, 0.1) is 0 Å². The largest absolute Gasteiger partial charge is 0.462 e. The molecule has 0 aromatic rings. The Hall–Kier alpha value is -3.67. The molecule has 0 fully saturated rings. The normalized spacial score (nSPS) is 12.9. The number of unbranched alkanes of at least 4 members (excludes halogenated alkanes) is 19. The molecule has 0 saturated carbocycles. The van der Waals surface area contributed by atoms with E-state index in [1.807, 2.05) is 0 Å². The van der Waals surface area contributed by atoms with Crippen molar-refractivity contribution in [1.82, 2.24) is 0 Å². The van der Waals surface area contributed by atoms with E-state index in [-0.39, 0.29) is 31.1 Å². The van der Waals surface area contributed by atoms with Crippen molar-refractivity contribution >= 4 is 17.9 Å². The minimum Gasteiger partial charge on any atom is -0.462 e. The summed E-state index contributed by atoms with van der Waals surface area (Å²) < 4.78 is 16.7. The molecule has 0 heterocycles. The lowest BCUT2D eigenvalue weighted by atomic mass is 10.1. The van der Waals surface area contributed by atoms with E-state index >= 15 is 0 Å². The number of allylic oxidation sites excluding steroid dienone is 16. The van der Waals surface area contributed by atoms with Gasteiger partial charge >= 0.3 is 17.9 Å². The molecule has 1 unspecified atom stereocenters. The van der Waals surface area contributed by atoms with E-state index in [1.165, 1.54) is 57.8 Å². The first kappa shape index (κ1) is 60.3. The van der Waals surface area contributed by atoms with Crippen molar-refractivity contribution in [2.45, 2.75) is 239 Å². The number of hydrogen-bond acceptors (Lipinski definition) is 6. The number of hydrogen-bond donors (Lipinski definition) is 0. The van der Waals surface area contributed by atoms with Crippen molar-refractivity contribution in [3.8, 4) is 0 Å². The predicted molar refractivity (Wildman–Crippen MR) is 274 cm³/mol. The van der Waals surface area contributed by atoms with Gasteiger partial charge in [0.2, 0.25) is 0 Å². The molecule has 0 aromatic heterocycles. The van der Waals surface area contributed by atoms with Crippen molar-refractivity contribution in [3.63, 3.8) is 0 Å². The Morgan fingerprint density at radius 3 is 0.953 bits per heavy atom. The summed E-state index contributed by atoms with van der Waals surface area (Å²) >= 11 is 0. The van der Waals surface area contributed by atoms with Crippen molar-refractivity contribution in [3.05, 3.63) is 97.2 Å². The van der Waals surface area contributed by atoms with Gasteiger partial charge in [-0.1, -0.05) is 214 Å². The molecule has 0 aromatic carbocycles. The van der Waals surface area contributed by atoms with Gasteiger partial charge in [-0.25, -0.2) is 0 Å². The lowest BCUT2D eigenvalue weighted by Gasteiger charge is -2.18. The fraction of sp³-hybridized carbons (Fsp3) is 0.672. The van der Waals surface area contributed by atoms with Crippen LogP contribution in [0, 0.1) is 0 Å². The van der Waals surface area contributed by atoms with E-state index < -0.39 is 6.10 Å². The summed E-state index contributed by atoms with van der Waals surface area (Å²) in [6, 6.07) is 0. The smallest absolute Gasteiger partial charge is 0.306 e. The second-order valence-corrected chi connectivity index (χ2v) is 17.0. The minimum absolute atomic E-state index is 0.0882. The van der Waals surface area contributed by atoms with Gasteiger partial charge in [-0.3, -0.25) is 14.4 Å². The summed E-state index contributed by atoms with van der Waals surface area (Å²) in [6.45, 7) is 6.35. The summed E-state index contributed by atoms with van der Waals surface area (Å²) in [6.07, 6.45) is 68.2. The minimum atomic E-state index is -0.789. The molecule has 6 heteroatoms. The van der Waals surface area contributed by atoms with E-state index in [1.54, 1.807) is 0 Å². The van der Waals surface area contributed by atoms with Crippen molar-refractivity contribution in [2.24, 2.45) is 0 Å². The third kappa shape index (κ3) is 49.3. The molecule has 0 amide bonds. The van der Waals surface area contributed by atoms with Crippen LogP contribution >= 0.6 is 0 Å². The van der Waals surface area contributed by atoms with Crippen molar-refractivity contribution < 1.29 is 28.6 Å². The molecule has 0 bridgehead atoms. The topological polar surface area (TPSA) is 78.9 Å². The average Bonchev–Trinajstić information content (AvgIpc) is 3.29. The van der Waals surface area contributed by atoms with Gasteiger partial charge in [-0.2, -0.15) is 0 Å². The lowest BCUT2D eigenvalue weighted by molar-refractivity contribution is -0.167. The molecule has 0 spiro atoms. The molecule has 0 N–H and O–H groups in total. The maximum atomic E-state index is 12.8. The Bertz CT molecular complexity index is 1300. The molecular formula is C58H96O6. The van der Waals surface area contributed by atoms with Gasteiger partial charge in [0, 0.05) is 19.3 Å². The van der Waals surface area contributed by atoms with Crippen LogP contribution in [0.2, 0.25) is 0 Å². The Morgan fingerprint density at radius 1 is 0.328 bits per heavy atom. The molecule has 0 aliphatic heterocycles. The number of ether oxygens (including phenoxy) is 3. The first-order valence-electron chi connectivity index (χ1n) is 26.2. The number of esters is 3. The third-order valence-corrected chi connectivity index (χ3v) is 10.8. The first-order chi connectivity index (χ1) is 31.5. The fourth-order valence-electron chi connectivity index (χ4n) is 6.95. The second-order valence-electron chi connectivity index (χ2n) is 17.0. The van der Waals surface area contributed by atoms with Crippen LogP contribution in [0.4, 0.5) is 0 Å². The summed E-state index contributed by atoms with van der Waals surface area (Å²) in [5, 5.41) is 0. The van der Waals surface area contributed by atoms with Gasteiger partial charge < -0.3 is 14.2 Å². The maximum absolute atomic E-state index is 12.8. The highest BCUT2D eigenvalue weighted by Gasteiger charge is 2.19. The van der Waals surface area contributed by atoms with Crippen LogP contribution in [-0.2, 0) is 28.6 Å². The molecule has 364 valence electrons. The zero-order chi connectivity index (χ0) is 46.5. The highest BCUT2D eigenvalue weighted by molar-refractivity contribution is 5.71. The van der Waals surface area contributed by atoms with E-state index in [2.05, 4.69) is 118 Å². The molecule has 0 radical (unpaired) electrons. The van der Waals surface area contributed by atoms with Crippen LogP contribution in [0.25, 0.3) is 0 Å². The number of carbonyl (C=O) groups is 3. The van der Waals surface area contributed by atoms with Crippen LogP contribution < -0.4 is 0 Å². The molecule has 0 aliphatic rings. The highest BCUT2D eigenvalue weighted by atomic mass is 16.6. The van der Waals surface area contributed by atoms with Crippen molar-refractivity contribution in [1.29, 1.82) is 0 Å². The Balaban J connectivity index is 4.35. The predicted octanol–water partition coefficient (Wildman–Crippen LogP) is 17.4. The van der Waals surface area contributed by atoms with Crippen LogP contribution in [0.5, 0.6) is 0 Å². The molecule has 64 heavy (non-hydrogen) atoms. The standard InChI is InChI=1S/C58H96O6/c1-4-7-10-13-16-19-21-23-25-27-29-31-33-35-37-39-42-45-48-51-57(60)63-54-55(53-62-56(59)50-47-44-41-18-15-12-9-6-3)64-58(61)52-49-46-43-40-38-36-34-32-30-28-26-24-22-20-17-14-11-8-5-2/h7-8,10-11,16-17,19-20,23-26,29-32,55H,4-6,9,12-15,18,21-22,27-28,33-54H2,1-3H3/b10-7-,11-8-,19-16-,20-17-,25-23-,26-24-,31-29-,32-30-.